The minimum absolute atomic E-state index is 0.0206. The van der Waals surface area contributed by atoms with Gasteiger partial charge in [0.25, 0.3) is 0 Å². The molecule has 0 radical (unpaired) electrons. The van der Waals surface area contributed by atoms with Gasteiger partial charge in [0.15, 0.2) is 6.29 Å². The molecule has 2 aromatic rings. The van der Waals surface area contributed by atoms with Crippen LogP contribution in [0.5, 0.6) is 5.75 Å². The Morgan fingerprint density at radius 1 is 1.00 bits per heavy atom. The van der Waals surface area contributed by atoms with E-state index < -0.39 is 83.7 Å². The number of rotatable bonds is 12. The Balaban J connectivity index is 1.86. The molecule has 0 unspecified atom stereocenters. The molecule has 0 aromatic heterocycles. The van der Waals surface area contributed by atoms with Crippen LogP contribution in [-0.4, -0.2) is 126 Å². The molecular formula is C46H70ClN3O12. The van der Waals surface area contributed by atoms with Crippen LogP contribution in [0.3, 0.4) is 0 Å². The van der Waals surface area contributed by atoms with Crippen molar-refractivity contribution in [2.75, 3.05) is 28.3 Å². The smallest absolute Gasteiger partial charge is 0.407 e. The molecular weight excluding hydrogens is 822 g/mol. The van der Waals surface area contributed by atoms with Crippen molar-refractivity contribution in [1.29, 1.82) is 0 Å². The number of ether oxygens (including phenoxy) is 6. The number of aliphatic hydroxyl groups excluding tert-OH is 2. The van der Waals surface area contributed by atoms with Gasteiger partial charge in [-0.1, -0.05) is 80.8 Å². The number of halogens is 1. The van der Waals surface area contributed by atoms with Crippen LogP contribution in [0.1, 0.15) is 85.8 Å². The predicted octanol–water partition coefficient (Wildman–Crippen LogP) is 6.11. The zero-order valence-corrected chi connectivity index (χ0v) is 39.1. The number of cyclic esters (lactones) is 1. The van der Waals surface area contributed by atoms with Crippen molar-refractivity contribution in [3.05, 3.63) is 64.7 Å². The van der Waals surface area contributed by atoms with Crippen molar-refractivity contribution in [3.63, 3.8) is 0 Å². The molecule has 2 fully saturated rings. The van der Waals surface area contributed by atoms with Gasteiger partial charge in [-0.15, -0.1) is 0 Å². The van der Waals surface area contributed by atoms with Crippen LogP contribution in [-0.2, 0) is 46.5 Å². The maximum absolute atomic E-state index is 14.4. The third kappa shape index (κ3) is 12.2. The van der Waals surface area contributed by atoms with Gasteiger partial charge >= 0.3 is 12.1 Å². The number of esters is 1. The monoisotopic (exact) mass is 891 g/mol. The summed E-state index contributed by atoms with van der Waals surface area (Å²) in [6, 6.07) is 14.1. The molecule has 2 saturated heterocycles. The number of hydrogen-bond acceptors (Lipinski definition) is 14. The maximum atomic E-state index is 14.4. The average molecular weight is 893 g/mol. The van der Waals surface area contributed by atoms with Gasteiger partial charge in [-0.25, -0.2) is 4.79 Å². The van der Waals surface area contributed by atoms with Gasteiger partial charge in [-0.3, -0.25) is 4.79 Å². The summed E-state index contributed by atoms with van der Waals surface area (Å²) < 4.78 is 37.3. The average Bonchev–Trinajstić information content (AvgIpc) is 3.24. The number of nitrogens with one attached hydrogen (secondary N) is 1. The van der Waals surface area contributed by atoms with E-state index in [4.69, 9.17) is 44.9 Å². The number of hydrogen-bond donors (Lipinski definition) is 4. The highest BCUT2D eigenvalue weighted by atomic mass is 35.5. The van der Waals surface area contributed by atoms with Gasteiger partial charge in [0.05, 0.1) is 42.7 Å². The molecule has 0 aliphatic carbocycles. The number of benzene rings is 2. The van der Waals surface area contributed by atoms with Crippen molar-refractivity contribution >= 4 is 29.4 Å². The lowest BCUT2D eigenvalue weighted by Crippen LogP contribution is -2.60. The lowest BCUT2D eigenvalue weighted by molar-refractivity contribution is -0.301. The fourth-order valence-electron chi connectivity index (χ4n) is 8.94. The molecule has 2 aromatic carbocycles. The number of para-hydroxylation sites is 1. The number of nitrogens with zero attached hydrogens (tertiary/aromatic N) is 2. The van der Waals surface area contributed by atoms with Gasteiger partial charge in [0, 0.05) is 53.6 Å². The molecule has 62 heavy (non-hydrogen) atoms. The molecule has 4 rings (SSSR count). The Bertz CT molecular complexity index is 1800. The van der Waals surface area contributed by atoms with Crippen LogP contribution in [0, 0.1) is 23.7 Å². The lowest BCUT2D eigenvalue weighted by Gasteiger charge is -2.48. The summed E-state index contributed by atoms with van der Waals surface area (Å²) in [6.45, 7) is 13.9. The topological polar surface area (TPSA) is 187 Å². The number of alkyl carbamates (subject to hydrolysis) is 1. The van der Waals surface area contributed by atoms with E-state index >= 15 is 0 Å². The van der Waals surface area contributed by atoms with Crippen LogP contribution in [0.25, 0.3) is 0 Å². The first kappa shape index (κ1) is 51.1. The normalized spacial score (nSPS) is 35.8. The van der Waals surface area contributed by atoms with Gasteiger partial charge in [0.1, 0.15) is 36.3 Å². The third-order valence-electron chi connectivity index (χ3n) is 12.7. The minimum Gasteiger partial charge on any atom is -0.496 e. The van der Waals surface area contributed by atoms with E-state index in [-0.39, 0.29) is 38.1 Å². The Hall–Kier alpha value is -3.54. The van der Waals surface area contributed by atoms with Crippen molar-refractivity contribution < 1.29 is 58.2 Å². The predicted molar refractivity (Wildman–Crippen MR) is 235 cm³/mol. The molecule has 14 atom stereocenters. The first-order chi connectivity index (χ1) is 29.2. The number of methoxy groups -OCH3 is 2. The van der Waals surface area contributed by atoms with E-state index in [0.717, 1.165) is 0 Å². The van der Waals surface area contributed by atoms with Gasteiger partial charge in [0.2, 0.25) is 0 Å². The zero-order valence-electron chi connectivity index (χ0n) is 38.4. The fourth-order valence-corrected chi connectivity index (χ4v) is 9.13. The largest absolute Gasteiger partial charge is 0.496 e. The summed E-state index contributed by atoms with van der Waals surface area (Å²) in [5.41, 5.74) is -1.50. The zero-order chi connectivity index (χ0) is 46.1. The van der Waals surface area contributed by atoms with E-state index in [0.29, 0.717) is 34.0 Å². The van der Waals surface area contributed by atoms with E-state index in [9.17, 15) is 24.9 Å². The minimum atomic E-state index is -1.98. The highest BCUT2D eigenvalue weighted by Crippen LogP contribution is 2.40. The number of carbonyl (C=O) groups excluding carboxylic acids is 2. The molecule has 15 nitrogen and oxygen atoms in total. The molecule has 2 heterocycles. The summed E-state index contributed by atoms with van der Waals surface area (Å²) >= 11 is 6.44. The standard InChI is InChI=1S/C46H70ClN3O12/c1-13-36-46(8,55)40(52)28(4)37(49-58-25-32-19-14-16-20-33(32)47)26(2)23-45(7,57-12)41(62-43-38(51)34(50(9)10)22-27(3)59-43)29(5)39(30(6)42(53)60-36)61-44(54)48-24-31-18-15-17-21-35(31)56-11/h14-21,26-30,34,36,38-41,43,51-52,55H,13,22-25H2,1-12H3,(H,48,54)/b49-37-/t26-,27-,28+,29+,30-,34+,36-,38-,39+,40-,41-,43+,45-,46-/m1/s1. The second kappa shape index (κ2) is 22.4. The van der Waals surface area contributed by atoms with E-state index in [1.807, 2.05) is 70.1 Å². The second-order valence-corrected chi connectivity index (χ2v) is 18.0. The maximum Gasteiger partial charge on any atom is 0.407 e. The Morgan fingerprint density at radius 2 is 1.65 bits per heavy atom. The number of aliphatic hydroxyl groups is 3. The van der Waals surface area contributed by atoms with Crippen LogP contribution >= 0.6 is 11.6 Å². The van der Waals surface area contributed by atoms with Crippen LogP contribution in [0.4, 0.5) is 4.79 Å². The number of amides is 1. The molecule has 1 amide bonds. The first-order valence-electron chi connectivity index (χ1n) is 21.5. The molecule has 4 N–H and O–H groups in total. The van der Waals surface area contributed by atoms with Gasteiger partial charge in [-0.05, 0) is 73.2 Å². The molecule has 0 spiro atoms. The SMILES string of the molecule is CC[C@H]1OC(=O)[C@H](C)[C@@H](OC(=O)NCc2ccccc2OC)[C@H](C)[C@@H](O[C@@H]2O[C@H](C)C[C@H](N(C)C)[C@H]2O)[C@](C)(OC)C[C@@H](C)/C(=N/OCc2ccccc2Cl)[C@H](C)[C@@H](O)[C@]1(C)O. The van der Waals surface area contributed by atoms with E-state index in [1.54, 1.807) is 45.9 Å². The highest BCUT2D eigenvalue weighted by molar-refractivity contribution is 6.31. The van der Waals surface area contributed by atoms with E-state index in [2.05, 4.69) is 10.5 Å². The highest BCUT2D eigenvalue weighted by Gasteiger charge is 2.52. The van der Waals surface area contributed by atoms with Crippen molar-refractivity contribution in [2.24, 2.45) is 28.8 Å². The van der Waals surface area contributed by atoms with Crippen molar-refractivity contribution in [2.45, 2.75) is 148 Å². The van der Waals surface area contributed by atoms with Crippen molar-refractivity contribution in [1.82, 2.24) is 10.2 Å². The molecule has 0 saturated carbocycles. The molecule has 348 valence electrons. The fraction of sp³-hybridized carbons (Fsp3) is 0.674. The summed E-state index contributed by atoms with van der Waals surface area (Å²) in [7, 11) is 6.81. The van der Waals surface area contributed by atoms with Crippen LogP contribution in [0.15, 0.2) is 53.7 Å². The summed E-state index contributed by atoms with van der Waals surface area (Å²) in [5.74, 6) is -3.58. The lowest BCUT2D eigenvalue weighted by atomic mass is 9.73. The van der Waals surface area contributed by atoms with Crippen LogP contribution in [0.2, 0.25) is 5.02 Å². The number of likely N-dealkylation sites (N-methyl/N-ethyl adjacent to an activating group) is 1. The van der Waals surface area contributed by atoms with Crippen molar-refractivity contribution in [3.8, 4) is 5.75 Å². The molecule has 16 heteroatoms. The summed E-state index contributed by atoms with van der Waals surface area (Å²) in [5, 5.41) is 43.7. The third-order valence-corrected chi connectivity index (χ3v) is 13.1. The quantitative estimate of drug-likeness (QED) is 0.141. The second-order valence-electron chi connectivity index (χ2n) is 17.6. The Kier molecular flexibility index (Phi) is 18.4. The van der Waals surface area contributed by atoms with Gasteiger partial charge < -0.3 is 58.8 Å². The number of carbonyl (C=O) groups is 2. The van der Waals surface area contributed by atoms with Crippen LogP contribution < -0.4 is 10.1 Å². The molecule has 0 bridgehead atoms. The molecule has 2 aliphatic rings. The van der Waals surface area contributed by atoms with Gasteiger partial charge in [-0.2, -0.15) is 0 Å². The summed E-state index contributed by atoms with van der Waals surface area (Å²) in [6.07, 6.45) is -7.50. The first-order valence-corrected chi connectivity index (χ1v) is 21.9. The Morgan fingerprint density at radius 3 is 2.26 bits per heavy atom. The van der Waals surface area contributed by atoms with E-state index in [1.165, 1.54) is 21.1 Å². The Labute approximate surface area is 372 Å². The summed E-state index contributed by atoms with van der Waals surface area (Å²) in [4.78, 5) is 36.0. The molecule has 2 aliphatic heterocycles. The number of oxime groups is 1.